The quantitative estimate of drug-likeness (QED) is 0.695. The third-order valence-electron chi connectivity index (χ3n) is 2.92. The van der Waals surface area contributed by atoms with E-state index < -0.39 is 0 Å². The minimum atomic E-state index is 0.0119. The lowest BCUT2D eigenvalue weighted by Crippen LogP contribution is -2.30. The highest BCUT2D eigenvalue weighted by atomic mass is 14.9. The Hall–Kier alpha value is -0.550. The van der Waals surface area contributed by atoms with E-state index in [4.69, 9.17) is 5.26 Å². The summed E-state index contributed by atoms with van der Waals surface area (Å²) in [7, 11) is 0. The largest absolute Gasteiger partial charge is 0.302 e. The van der Waals surface area contributed by atoms with Crippen LogP contribution in [0.4, 0.5) is 0 Å². The van der Waals surface area contributed by atoms with Gasteiger partial charge in [0.05, 0.1) is 12.1 Å². The lowest BCUT2D eigenvalue weighted by Gasteiger charge is -2.16. The Balaban J connectivity index is 2.19. The van der Waals surface area contributed by atoms with E-state index >= 15 is 0 Å². The fraction of sp³-hybridized carbons (Fsp3) is 0.900. The van der Waals surface area contributed by atoms with Crippen molar-refractivity contribution in [2.24, 2.45) is 11.8 Å². The molecule has 1 aliphatic rings. The molecule has 0 aromatic carbocycles. The highest BCUT2D eigenvalue weighted by Crippen LogP contribution is 2.30. The van der Waals surface area contributed by atoms with E-state index in [0.717, 1.165) is 18.4 Å². The predicted octanol–water partition coefficient (Wildman–Crippen LogP) is 1.92. The van der Waals surface area contributed by atoms with Gasteiger partial charge in [-0.15, -0.1) is 0 Å². The van der Waals surface area contributed by atoms with Crippen molar-refractivity contribution in [1.29, 1.82) is 5.26 Å². The normalized spacial score (nSPS) is 31.4. The van der Waals surface area contributed by atoms with Crippen molar-refractivity contribution in [2.45, 2.75) is 39.2 Å². The molecule has 12 heavy (non-hydrogen) atoms. The first kappa shape index (κ1) is 9.54. The summed E-state index contributed by atoms with van der Waals surface area (Å²) in [5.74, 6) is 1.66. The Morgan fingerprint density at radius 3 is 2.83 bits per heavy atom. The zero-order valence-electron chi connectivity index (χ0n) is 8.01. The van der Waals surface area contributed by atoms with Crippen LogP contribution in [0.15, 0.2) is 0 Å². The van der Waals surface area contributed by atoms with Crippen LogP contribution in [0, 0.1) is 23.2 Å². The van der Waals surface area contributed by atoms with Crippen molar-refractivity contribution in [3.05, 3.63) is 0 Å². The molecule has 2 heteroatoms. The van der Waals surface area contributed by atoms with Gasteiger partial charge >= 0.3 is 0 Å². The van der Waals surface area contributed by atoms with Crippen LogP contribution in [0.3, 0.4) is 0 Å². The van der Waals surface area contributed by atoms with Crippen molar-refractivity contribution in [2.75, 3.05) is 6.54 Å². The van der Waals surface area contributed by atoms with Crippen LogP contribution in [-0.4, -0.2) is 12.6 Å². The predicted molar refractivity (Wildman–Crippen MR) is 49.6 cm³/mol. The van der Waals surface area contributed by atoms with Crippen molar-refractivity contribution in [3.63, 3.8) is 0 Å². The van der Waals surface area contributed by atoms with Crippen LogP contribution in [0.25, 0.3) is 0 Å². The van der Waals surface area contributed by atoms with Crippen molar-refractivity contribution in [3.8, 4) is 6.07 Å². The first-order valence-electron chi connectivity index (χ1n) is 4.87. The molecule has 2 nitrogen and oxygen atoms in total. The van der Waals surface area contributed by atoms with Gasteiger partial charge in [-0.1, -0.05) is 19.8 Å². The van der Waals surface area contributed by atoms with Crippen molar-refractivity contribution < 1.29 is 0 Å². The Morgan fingerprint density at radius 1 is 1.58 bits per heavy atom. The van der Waals surface area contributed by atoms with Crippen LogP contribution >= 0.6 is 0 Å². The maximum atomic E-state index is 8.56. The summed E-state index contributed by atoms with van der Waals surface area (Å²) in [6.45, 7) is 5.26. The third kappa shape index (κ3) is 2.49. The SMILES string of the molecule is CC(C#N)NCC1CCCC1C. The van der Waals surface area contributed by atoms with Crippen LogP contribution in [0.1, 0.15) is 33.1 Å². The van der Waals surface area contributed by atoms with Crippen LogP contribution in [0.5, 0.6) is 0 Å². The molecule has 3 atom stereocenters. The third-order valence-corrected chi connectivity index (χ3v) is 2.92. The monoisotopic (exact) mass is 166 g/mol. The van der Waals surface area contributed by atoms with Gasteiger partial charge in [0.2, 0.25) is 0 Å². The molecule has 3 unspecified atom stereocenters. The highest BCUT2D eigenvalue weighted by molar-refractivity contribution is 4.87. The molecule has 0 amide bonds. The molecule has 1 fully saturated rings. The number of hydrogen-bond acceptors (Lipinski definition) is 2. The van der Waals surface area contributed by atoms with Gasteiger partial charge in [-0.2, -0.15) is 5.26 Å². The minimum absolute atomic E-state index is 0.0119. The Kier molecular flexibility index (Phi) is 3.55. The summed E-state index contributed by atoms with van der Waals surface area (Å²) in [5.41, 5.74) is 0. The molecular weight excluding hydrogens is 148 g/mol. The molecular formula is C10H18N2. The molecule has 1 saturated carbocycles. The van der Waals surface area contributed by atoms with E-state index in [0.29, 0.717) is 0 Å². The van der Waals surface area contributed by atoms with Crippen molar-refractivity contribution in [1.82, 2.24) is 5.32 Å². The lowest BCUT2D eigenvalue weighted by atomic mass is 9.98. The van der Waals surface area contributed by atoms with E-state index in [1.54, 1.807) is 0 Å². The maximum Gasteiger partial charge on any atom is 0.0924 e. The molecule has 0 bridgehead atoms. The van der Waals surface area contributed by atoms with Gasteiger partial charge in [-0.25, -0.2) is 0 Å². The highest BCUT2D eigenvalue weighted by Gasteiger charge is 2.22. The summed E-state index contributed by atoms with van der Waals surface area (Å²) >= 11 is 0. The molecule has 68 valence electrons. The first-order chi connectivity index (χ1) is 5.74. The number of hydrogen-bond donors (Lipinski definition) is 1. The summed E-state index contributed by atoms with van der Waals surface area (Å²) in [6, 6.07) is 2.20. The zero-order valence-corrected chi connectivity index (χ0v) is 8.01. The van der Waals surface area contributed by atoms with Gasteiger partial charge in [0.15, 0.2) is 0 Å². The van der Waals surface area contributed by atoms with Crippen LogP contribution in [-0.2, 0) is 0 Å². The second kappa shape index (κ2) is 4.47. The topological polar surface area (TPSA) is 35.8 Å². The molecule has 0 radical (unpaired) electrons. The van der Waals surface area contributed by atoms with E-state index in [1.807, 2.05) is 6.92 Å². The maximum absolute atomic E-state index is 8.56. The molecule has 0 aliphatic heterocycles. The fourth-order valence-corrected chi connectivity index (χ4v) is 1.90. The smallest absolute Gasteiger partial charge is 0.0924 e. The Morgan fingerprint density at radius 2 is 2.33 bits per heavy atom. The summed E-state index contributed by atoms with van der Waals surface area (Å²) in [5, 5.41) is 11.8. The van der Waals surface area contributed by atoms with Gasteiger partial charge in [0, 0.05) is 0 Å². The number of nitriles is 1. The van der Waals surface area contributed by atoms with E-state index in [2.05, 4.69) is 18.3 Å². The second-order valence-corrected chi connectivity index (χ2v) is 3.93. The summed E-state index contributed by atoms with van der Waals surface area (Å²) < 4.78 is 0. The molecule has 0 heterocycles. The number of rotatable bonds is 3. The molecule has 1 N–H and O–H groups in total. The van der Waals surface area contributed by atoms with Crippen LogP contribution in [0.2, 0.25) is 0 Å². The van der Waals surface area contributed by atoms with Gasteiger partial charge in [-0.3, -0.25) is 0 Å². The molecule has 0 aromatic rings. The molecule has 1 rings (SSSR count). The standard InChI is InChI=1S/C10H18N2/c1-8-4-3-5-10(8)7-12-9(2)6-11/h8-10,12H,3-5,7H2,1-2H3. The molecule has 0 spiro atoms. The Labute approximate surface area is 75.0 Å². The average Bonchev–Trinajstić information content (AvgIpc) is 2.47. The van der Waals surface area contributed by atoms with E-state index in [9.17, 15) is 0 Å². The number of nitrogens with one attached hydrogen (secondary N) is 1. The summed E-state index contributed by atoms with van der Waals surface area (Å²) in [6.07, 6.45) is 4.08. The zero-order chi connectivity index (χ0) is 8.97. The number of nitrogens with zero attached hydrogens (tertiary/aromatic N) is 1. The van der Waals surface area contributed by atoms with Gasteiger partial charge in [-0.05, 0) is 31.7 Å². The van der Waals surface area contributed by atoms with Gasteiger partial charge < -0.3 is 5.32 Å². The minimum Gasteiger partial charge on any atom is -0.302 e. The van der Waals surface area contributed by atoms with Gasteiger partial charge in [0.1, 0.15) is 0 Å². The fourth-order valence-electron chi connectivity index (χ4n) is 1.90. The Bertz CT molecular complexity index is 171. The van der Waals surface area contributed by atoms with Crippen LogP contribution < -0.4 is 5.32 Å². The van der Waals surface area contributed by atoms with E-state index in [1.165, 1.54) is 19.3 Å². The van der Waals surface area contributed by atoms with Crippen molar-refractivity contribution >= 4 is 0 Å². The van der Waals surface area contributed by atoms with E-state index in [-0.39, 0.29) is 6.04 Å². The molecule has 0 aromatic heterocycles. The van der Waals surface area contributed by atoms with Gasteiger partial charge in [0.25, 0.3) is 0 Å². The summed E-state index contributed by atoms with van der Waals surface area (Å²) in [4.78, 5) is 0. The average molecular weight is 166 g/mol. The second-order valence-electron chi connectivity index (χ2n) is 3.93. The molecule has 1 aliphatic carbocycles. The lowest BCUT2D eigenvalue weighted by molar-refractivity contribution is 0.386. The molecule has 0 saturated heterocycles. The first-order valence-corrected chi connectivity index (χ1v) is 4.87.